The van der Waals surface area contributed by atoms with Crippen molar-refractivity contribution in [1.29, 1.82) is 5.26 Å². The molecule has 0 N–H and O–H groups in total. The summed E-state index contributed by atoms with van der Waals surface area (Å²) >= 11 is 0. The molecule has 1 rings (SSSR count). The lowest BCUT2D eigenvalue weighted by atomic mass is 10.1. The van der Waals surface area contributed by atoms with Crippen LogP contribution in [0.15, 0.2) is 23.2 Å². The summed E-state index contributed by atoms with van der Waals surface area (Å²) in [5.74, 6) is -1.20. The number of hydrogen-bond donors (Lipinski definition) is 0. The molecule has 0 heterocycles. The molecule has 3 nitrogen and oxygen atoms in total. The highest BCUT2D eigenvalue weighted by Crippen LogP contribution is 2.11. The molecule has 0 atom stereocenters. The first-order valence-corrected chi connectivity index (χ1v) is 4.69. The molecule has 16 heavy (non-hydrogen) atoms. The third-order valence-electron chi connectivity index (χ3n) is 1.84. The number of nitrogens with zero attached hydrogens (tertiary/aromatic N) is 2. The Morgan fingerprint density at radius 2 is 2.25 bits per heavy atom. The van der Waals surface area contributed by atoms with Crippen LogP contribution in [0.1, 0.15) is 12.5 Å². The van der Waals surface area contributed by atoms with Crippen molar-refractivity contribution >= 4 is 5.90 Å². The predicted octanol–water partition coefficient (Wildman–Crippen LogP) is 2.42. The monoisotopic (exact) mass is 224 g/mol. The van der Waals surface area contributed by atoms with E-state index in [4.69, 9.17) is 10.00 Å². The highest BCUT2D eigenvalue weighted by molar-refractivity contribution is 5.79. The average molecular weight is 224 g/mol. The molecule has 0 saturated heterocycles. The van der Waals surface area contributed by atoms with Gasteiger partial charge >= 0.3 is 0 Å². The van der Waals surface area contributed by atoms with Gasteiger partial charge in [0.05, 0.1) is 13.0 Å². The lowest BCUT2D eigenvalue weighted by Gasteiger charge is -2.06. The largest absolute Gasteiger partial charge is 0.480 e. The molecule has 0 aliphatic carbocycles. The van der Waals surface area contributed by atoms with Crippen molar-refractivity contribution in [2.45, 2.75) is 13.3 Å². The van der Waals surface area contributed by atoms with Crippen molar-refractivity contribution in [3.63, 3.8) is 0 Å². The van der Waals surface area contributed by atoms with Gasteiger partial charge in [-0.25, -0.2) is 8.78 Å². The lowest BCUT2D eigenvalue weighted by molar-refractivity contribution is 0.320. The van der Waals surface area contributed by atoms with Crippen molar-refractivity contribution in [2.75, 3.05) is 6.61 Å². The van der Waals surface area contributed by atoms with E-state index >= 15 is 0 Å². The van der Waals surface area contributed by atoms with Crippen molar-refractivity contribution < 1.29 is 13.5 Å². The minimum atomic E-state index is -0.676. The van der Waals surface area contributed by atoms with Gasteiger partial charge in [0.2, 0.25) is 12.1 Å². The van der Waals surface area contributed by atoms with Crippen LogP contribution >= 0.6 is 0 Å². The fourth-order valence-corrected chi connectivity index (χ4v) is 1.17. The van der Waals surface area contributed by atoms with Crippen molar-refractivity contribution in [2.24, 2.45) is 4.99 Å². The molecule has 1 aromatic rings. The highest BCUT2D eigenvalue weighted by Gasteiger charge is 2.08. The second-order valence-corrected chi connectivity index (χ2v) is 2.95. The summed E-state index contributed by atoms with van der Waals surface area (Å²) in [4.78, 5) is 3.41. The van der Waals surface area contributed by atoms with Crippen LogP contribution in [0.2, 0.25) is 0 Å². The molecule has 0 unspecified atom stereocenters. The SMILES string of the molecule is CCO/C(Cc1ccc(F)cc1F)=N/C#N. The third kappa shape index (κ3) is 3.31. The van der Waals surface area contributed by atoms with Crippen LogP contribution in [-0.2, 0) is 11.2 Å². The number of aliphatic imine (C=N–C) groups is 1. The molecule has 0 aromatic heterocycles. The first-order chi connectivity index (χ1) is 7.67. The van der Waals surface area contributed by atoms with Crippen LogP contribution in [0.25, 0.3) is 0 Å². The summed E-state index contributed by atoms with van der Waals surface area (Å²) in [7, 11) is 0. The number of halogens is 2. The molecule has 0 fully saturated rings. The van der Waals surface area contributed by atoms with Gasteiger partial charge in [-0.15, -0.1) is 4.99 Å². The van der Waals surface area contributed by atoms with Crippen LogP contribution in [-0.4, -0.2) is 12.5 Å². The molecule has 0 aliphatic heterocycles. The molecular weight excluding hydrogens is 214 g/mol. The zero-order valence-electron chi connectivity index (χ0n) is 8.70. The second-order valence-electron chi connectivity index (χ2n) is 2.95. The van der Waals surface area contributed by atoms with Crippen LogP contribution in [0.5, 0.6) is 0 Å². The fourth-order valence-electron chi connectivity index (χ4n) is 1.17. The normalized spacial score (nSPS) is 11.0. The van der Waals surface area contributed by atoms with E-state index in [2.05, 4.69) is 4.99 Å². The van der Waals surface area contributed by atoms with Crippen molar-refractivity contribution in [3.8, 4) is 6.19 Å². The second kappa shape index (κ2) is 5.81. The van der Waals surface area contributed by atoms with E-state index in [-0.39, 0.29) is 17.9 Å². The Bertz CT molecular complexity index is 438. The minimum absolute atomic E-state index is 0.0352. The van der Waals surface area contributed by atoms with E-state index in [1.54, 1.807) is 13.1 Å². The van der Waals surface area contributed by atoms with E-state index in [0.717, 1.165) is 12.1 Å². The van der Waals surface area contributed by atoms with Gasteiger partial charge in [-0.2, -0.15) is 5.26 Å². The molecule has 1 aromatic carbocycles. The van der Waals surface area contributed by atoms with Crippen LogP contribution in [0, 0.1) is 23.1 Å². The maximum Gasteiger partial charge on any atom is 0.208 e. The Hall–Kier alpha value is -1.96. The minimum Gasteiger partial charge on any atom is -0.480 e. The molecule has 0 amide bonds. The Morgan fingerprint density at radius 3 is 2.81 bits per heavy atom. The van der Waals surface area contributed by atoms with Gasteiger partial charge in [0.1, 0.15) is 11.6 Å². The number of rotatable bonds is 3. The zero-order chi connectivity index (χ0) is 12.0. The summed E-state index contributed by atoms with van der Waals surface area (Å²) in [6.07, 6.45) is 1.61. The van der Waals surface area contributed by atoms with Crippen molar-refractivity contribution in [1.82, 2.24) is 0 Å². The summed E-state index contributed by atoms with van der Waals surface area (Å²) in [6.45, 7) is 2.07. The first kappa shape index (κ1) is 12.1. The standard InChI is InChI=1S/C11H10F2N2O/c1-2-16-11(15-7-14)5-8-3-4-9(12)6-10(8)13/h3-4,6H,2,5H2,1H3/b15-11+. The van der Waals surface area contributed by atoms with Gasteiger partial charge in [0.25, 0.3) is 0 Å². The van der Waals surface area contributed by atoms with Gasteiger partial charge in [0, 0.05) is 6.07 Å². The topological polar surface area (TPSA) is 45.4 Å². The maximum atomic E-state index is 13.3. The van der Waals surface area contributed by atoms with E-state index in [9.17, 15) is 8.78 Å². The predicted molar refractivity (Wildman–Crippen MR) is 54.7 cm³/mol. The molecule has 0 aliphatic rings. The molecule has 5 heteroatoms. The fraction of sp³-hybridized carbons (Fsp3) is 0.273. The van der Waals surface area contributed by atoms with Crippen molar-refractivity contribution in [3.05, 3.63) is 35.4 Å². The number of nitriles is 1. The molecule has 0 bridgehead atoms. The summed E-state index contributed by atoms with van der Waals surface area (Å²) in [5, 5.41) is 8.38. The van der Waals surface area contributed by atoms with Gasteiger partial charge in [-0.3, -0.25) is 0 Å². The van der Waals surface area contributed by atoms with Gasteiger partial charge in [-0.1, -0.05) is 6.07 Å². The number of hydrogen-bond acceptors (Lipinski definition) is 3. The molecular formula is C11H10F2N2O. The smallest absolute Gasteiger partial charge is 0.208 e. The average Bonchev–Trinajstić information content (AvgIpc) is 2.23. The molecule has 0 spiro atoms. The number of ether oxygens (including phenoxy) is 1. The van der Waals surface area contributed by atoms with E-state index < -0.39 is 11.6 Å². The summed E-state index contributed by atoms with van der Waals surface area (Å²) in [5.41, 5.74) is 0.240. The summed E-state index contributed by atoms with van der Waals surface area (Å²) in [6, 6.07) is 3.23. The van der Waals surface area contributed by atoms with Crippen LogP contribution in [0.3, 0.4) is 0 Å². The Labute approximate surface area is 92.0 Å². The van der Waals surface area contributed by atoms with E-state index in [1.165, 1.54) is 6.07 Å². The molecule has 0 radical (unpaired) electrons. The number of benzene rings is 1. The quantitative estimate of drug-likeness (QED) is 0.449. The Kier molecular flexibility index (Phi) is 4.40. The van der Waals surface area contributed by atoms with E-state index in [1.807, 2.05) is 0 Å². The molecule has 0 saturated carbocycles. The first-order valence-electron chi connectivity index (χ1n) is 4.69. The Balaban J connectivity index is 2.86. The zero-order valence-corrected chi connectivity index (χ0v) is 8.70. The summed E-state index contributed by atoms with van der Waals surface area (Å²) < 4.78 is 30.9. The maximum absolute atomic E-state index is 13.3. The lowest BCUT2D eigenvalue weighted by Crippen LogP contribution is -2.09. The van der Waals surface area contributed by atoms with Crippen LogP contribution in [0.4, 0.5) is 8.78 Å². The van der Waals surface area contributed by atoms with Crippen LogP contribution < -0.4 is 0 Å². The third-order valence-corrected chi connectivity index (χ3v) is 1.84. The Morgan fingerprint density at radius 1 is 1.50 bits per heavy atom. The van der Waals surface area contributed by atoms with Gasteiger partial charge < -0.3 is 4.74 Å². The molecule has 84 valence electrons. The van der Waals surface area contributed by atoms with Gasteiger partial charge in [0.15, 0.2) is 0 Å². The van der Waals surface area contributed by atoms with E-state index in [0.29, 0.717) is 6.61 Å². The highest BCUT2D eigenvalue weighted by atomic mass is 19.1. The van der Waals surface area contributed by atoms with Gasteiger partial charge in [-0.05, 0) is 18.6 Å².